The van der Waals surface area contributed by atoms with Crippen LogP contribution in [0.3, 0.4) is 0 Å². The summed E-state index contributed by atoms with van der Waals surface area (Å²) in [6.07, 6.45) is 3.28. The highest BCUT2D eigenvalue weighted by atomic mass is 79.9. The highest BCUT2D eigenvalue weighted by Gasteiger charge is 2.19. The predicted molar refractivity (Wildman–Crippen MR) is 91.8 cm³/mol. The van der Waals surface area contributed by atoms with Crippen LogP contribution in [0.25, 0.3) is 0 Å². The van der Waals surface area contributed by atoms with Crippen LogP contribution in [0, 0.1) is 12.8 Å². The van der Waals surface area contributed by atoms with Gasteiger partial charge in [0.25, 0.3) is 0 Å². The fraction of sp³-hybridized carbons (Fsp3) is 0.812. The fourth-order valence-electron chi connectivity index (χ4n) is 2.72. The summed E-state index contributed by atoms with van der Waals surface area (Å²) < 4.78 is 8.55. The summed E-state index contributed by atoms with van der Waals surface area (Å²) >= 11 is 3.70. The molecule has 0 saturated heterocycles. The molecule has 2 unspecified atom stereocenters. The third kappa shape index (κ3) is 5.72. The standard InChI is InChI=1S/C16H30BrN3O/c1-6-8-18-14(9-12(3)11-21-5)10-15-16(17)13(4)19-20(15)7-2/h12,14,18H,6-11H2,1-5H3. The third-order valence-corrected chi connectivity index (χ3v) is 4.75. The normalized spacial score (nSPS) is 14.4. The Balaban J connectivity index is 2.79. The van der Waals surface area contributed by atoms with Crippen molar-refractivity contribution in [1.29, 1.82) is 0 Å². The molecule has 0 fully saturated rings. The monoisotopic (exact) mass is 359 g/mol. The first kappa shape index (κ1) is 18.7. The molecule has 1 rings (SSSR count). The van der Waals surface area contributed by atoms with Crippen LogP contribution in [0.15, 0.2) is 4.47 Å². The Labute approximate surface area is 137 Å². The number of ether oxygens (including phenoxy) is 1. The van der Waals surface area contributed by atoms with Crippen LogP contribution in [-0.2, 0) is 17.7 Å². The minimum atomic E-state index is 0.466. The lowest BCUT2D eigenvalue weighted by molar-refractivity contribution is 0.149. The van der Waals surface area contributed by atoms with Crippen molar-refractivity contribution in [1.82, 2.24) is 15.1 Å². The van der Waals surface area contributed by atoms with Crippen LogP contribution in [0.2, 0.25) is 0 Å². The zero-order chi connectivity index (χ0) is 15.8. The second-order valence-corrected chi connectivity index (χ2v) is 6.61. The van der Waals surface area contributed by atoms with E-state index in [0.29, 0.717) is 12.0 Å². The maximum Gasteiger partial charge on any atom is 0.0738 e. The van der Waals surface area contributed by atoms with Gasteiger partial charge in [-0.1, -0.05) is 13.8 Å². The third-order valence-electron chi connectivity index (χ3n) is 3.71. The molecule has 0 bridgehead atoms. The van der Waals surface area contributed by atoms with Crippen LogP contribution < -0.4 is 5.32 Å². The van der Waals surface area contributed by atoms with Crippen LogP contribution in [0.5, 0.6) is 0 Å². The predicted octanol–water partition coefficient (Wildman–Crippen LogP) is 3.56. The molecule has 1 aromatic rings. The minimum absolute atomic E-state index is 0.466. The Morgan fingerprint density at radius 3 is 2.67 bits per heavy atom. The summed E-state index contributed by atoms with van der Waals surface area (Å²) in [5, 5.41) is 8.27. The molecule has 0 aliphatic heterocycles. The average Bonchev–Trinajstić information content (AvgIpc) is 2.72. The number of hydrogen-bond acceptors (Lipinski definition) is 3. The number of rotatable bonds is 10. The second-order valence-electron chi connectivity index (χ2n) is 5.81. The molecule has 0 radical (unpaired) electrons. The molecule has 0 amide bonds. The maximum absolute atomic E-state index is 5.28. The second kappa shape index (κ2) is 9.59. The van der Waals surface area contributed by atoms with Crippen LogP contribution >= 0.6 is 15.9 Å². The molecule has 0 aliphatic rings. The number of aryl methyl sites for hydroxylation is 2. The minimum Gasteiger partial charge on any atom is -0.384 e. The van der Waals surface area contributed by atoms with Crippen LogP contribution in [0.4, 0.5) is 0 Å². The number of aromatic nitrogens is 2. The first-order chi connectivity index (χ1) is 10.0. The van der Waals surface area contributed by atoms with Gasteiger partial charge in [-0.3, -0.25) is 4.68 Å². The maximum atomic E-state index is 5.28. The van der Waals surface area contributed by atoms with Gasteiger partial charge in [0.1, 0.15) is 0 Å². The van der Waals surface area contributed by atoms with E-state index in [2.05, 4.69) is 58.7 Å². The largest absolute Gasteiger partial charge is 0.384 e. The van der Waals surface area contributed by atoms with Crippen LogP contribution in [-0.4, -0.2) is 36.1 Å². The van der Waals surface area contributed by atoms with Gasteiger partial charge in [0, 0.05) is 32.7 Å². The van der Waals surface area contributed by atoms with Gasteiger partial charge in [-0.25, -0.2) is 0 Å². The van der Waals surface area contributed by atoms with Crippen molar-refractivity contribution in [2.45, 2.75) is 59.5 Å². The Hall–Kier alpha value is -0.390. The lowest BCUT2D eigenvalue weighted by atomic mass is 9.98. The van der Waals surface area contributed by atoms with Crippen molar-refractivity contribution in [2.24, 2.45) is 5.92 Å². The van der Waals surface area contributed by atoms with E-state index in [1.54, 1.807) is 7.11 Å². The highest BCUT2D eigenvalue weighted by molar-refractivity contribution is 9.10. The Bertz CT molecular complexity index is 420. The molecular formula is C16H30BrN3O. The lowest BCUT2D eigenvalue weighted by Gasteiger charge is -2.22. The summed E-state index contributed by atoms with van der Waals surface area (Å²) in [5.41, 5.74) is 2.37. The molecule has 2 atom stereocenters. The summed E-state index contributed by atoms with van der Waals surface area (Å²) in [7, 11) is 1.77. The number of methoxy groups -OCH3 is 1. The molecule has 1 heterocycles. The topological polar surface area (TPSA) is 39.1 Å². The van der Waals surface area contributed by atoms with Crippen molar-refractivity contribution >= 4 is 15.9 Å². The van der Waals surface area contributed by atoms with Crippen molar-refractivity contribution in [2.75, 3.05) is 20.3 Å². The van der Waals surface area contributed by atoms with E-state index < -0.39 is 0 Å². The van der Waals surface area contributed by atoms with Gasteiger partial charge in [0.2, 0.25) is 0 Å². The van der Waals surface area contributed by atoms with Gasteiger partial charge in [-0.2, -0.15) is 5.10 Å². The van der Waals surface area contributed by atoms with E-state index in [9.17, 15) is 0 Å². The van der Waals surface area contributed by atoms with Crippen molar-refractivity contribution in [3.05, 3.63) is 15.9 Å². The Morgan fingerprint density at radius 2 is 2.10 bits per heavy atom. The highest BCUT2D eigenvalue weighted by Crippen LogP contribution is 2.23. The summed E-state index contributed by atoms with van der Waals surface area (Å²) in [5.74, 6) is 0.558. The van der Waals surface area contributed by atoms with E-state index in [0.717, 1.165) is 49.1 Å². The molecule has 122 valence electrons. The van der Waals surface area contributed by atoms with Gasteiger partial charge in [0.15, 0.2) is 0 Å². The number of halogens is 1. The summed E-state index contributed by atoms with van der Waals surface area (Å²) in [6.45, 7) is 11.4. The first-order valence-electron chi connectivity index (χ1n) is 7.97. The molecule has 1 aromatic heterocycles. The fourth-order valence-corrected chi connectivity index (χ4v) is 3.17. The van der Waals surface area contributed by atoms with Gasteiger partial charge < -0.3 is 10.1 Å². The van der Waals surface area contributed by atoms with Crippen LogP contribution in [0.1, 0.15) is 45.0 Å². The Morgan fingerprint density at radius 1 is 1.38 bits per heavy atom. The zero-order valence-electron chi connectivity index (χ0n) is 14.1. The molecule has 21 heavy (non-hydrogen) atoms. The van der Waals surface area contributed by atoms with E-state index in [1.807, 2.05) is 0 Å². The smallest absolute Gasteiger partial charge is 0.0738 e. The molecule has 4 nitrogen and oxygen atoms in total. The van der Waals surface area contributed by atoms with Gasteiger partial charge >= 0.3 is 0 Å². The quantitative estimate of drug-likeness (QED) is 0.694. The summed E-state index contributed by atoms with van der Waals surface area (Å²) in [6, 6.07) is 0.466. The molecule has 0 saturated carbocycles. The molecule has 0 spiro atoms. The molecule has 0 aromatic carbocycles. The number of nitrogens with zero attached hydrogens (tertiary/aromatic N) is 2. The number of hydrogen-bond donors (Lipinski definition) is 1. The molecular weight excluding hydrogens is 330 g/mol. The van der Waals surface area contributed by atoms with E-state index in [1.165, 1.54) is 5.69 Å². The summed E-state index contributed by atoms with van der Waals surface area (Å²) in [4.78, 5) is 0. The van der Waals surface area contributed by atoms with Crippen molar-refractivity contribution in [3.8, 4) is 0 Å². The lowest BCUT2D eigenvalue weighted by Crippen LogP contribution is -2.35. The van der Waals surface area contributed by atoms with Crippen molar-refractivity contribution < 1.29 is 4.74 Å². The first-order valence-corrected chi connectivity index (χ1v) is 8.76. The molecule has 0 aliphatic carbocycles. The van der Waals surface area contributed by atoms with Crippen molar-refractivity contribution in [3.63, 3.8) is 0 Å². The van der Waals surface area contributed by atoms with E-state index in [-0.39, 0.29) is 0 Å². The SMILES string of the molecule is CCCNC(Cc1c(Br)c(C)nn1CC)CC(C)COC. The van der Waals surface area contributed by atoms with E-state index in [4.69, 9.17) is 4.74 Å². The number of nitrogens with one attached hydrogen (secondary N) is 1. The molecule has 5 heteroatoms. The Kier molecular flexibility index (Phi) is 8.52. The van der Waals surface area contributed by atoms with E-state index >= 15 is 0 Å². The van der Waals surface area contributed by atoms with Gasteiger partial charge in [-0.15, -0.1) is 0 Å². The average molecular weight is 360 g/mol. The molecule has 1 N–H and O–H groups in total. The van der Waals surface area contributed by atoms with Gasteiger partial charge in [0.05, 0.1) is 15.9 Å². The zero-order valence-corrected chi connectivity index (χ0v) is 15.7. The van der Waals surface area contributed by atoms with Gasteiger partial charge in [-0.05, 0) is 55.1 Å².